The Balaban J connectivity index is 1.24. The van der Waals surface area contributed by atoms with Crippen LogP contribution in [-0.2, 0) is 0 Å². The van der Waals surface area contributed by atoms with Crippen LogP contribution in [0.15, 0.2) is 168 Å². The first-order chi connectivity index (χ1) is 23.3. The summed E-state index contributed by atoms with van der Waals surface area (Å²) in [5, 5.41) is 6.26. The number of benzene rings is 7. The van der Waals surface area contributed by atoms with Gasteiger partial charge in [-0.05, 0) is 60.2 Å². The molecule has 9 aromatic rings. The van der Waals surface area contributed by atoms with Crippen molar-refractivity contribution in [1.82, 2.24) is 4.98 Å². The van der Waals surface area contributed by atoms with Gasteiger partial charge in [-0.25, -0.2) is 4.98 Å². The maximum atomic E-state index is 5.29. The van der Waals surface area contributed by atoms with Gasteiger partial charge in [0.25, 0.3) is 0 Å². The van der Waals surface area contributed by atoms with E-state index in [1.807, 2.05) is 23.1 Å². The van der Waals surface area contributed by atoms with Crippen LogP contribution in [0.5, 0.6) is 0 Å². The van der Waals surface area contributed by atoms with E-state index in [9.17, 15) is 0 Å². The molecule has 0 aliphatic carbocycles. The molecule has 0 radical (unpaired) electrons. The molecule has 7 aromatic carbocycles. The summed E-state index contributed by atoms with van der Waals surface area (Å²) >= 11 is 3.73. The molecule has 0 amide bonds. The van der Waals surface area contributed by atoms with Gasteiger partial charge in [-0.2, -0.15) is 0 Å². The van der Waals surface area contributed by atoms with Crippen molar-refractivity contribution in [3.63, 3.8) is 0 Å². The summed E-state index contributed by atoms with van der Waals surface area (Å²) in [4.78, 5) is 10.2. The third-order valence-electron chi connectivity index (χ3n) is 9.22. The number of anilines is 3. The molecule has 0 N–H and O–H groups in total. The van der Waals surface area contributed by atoms with E-state index in [0.29, 0.717) is 0 Å². The highest BCUT2D eigenvalue weighted by Gasteiger charge is 2.25. The minimum atomic E-state index is 1.02. The predicted octanol–water partition coefficient (Wildman–Crippen LogP) is 13.0. The molecule has 10 rings (SSSR count). The minimum absolute atomic E-state index is 1.02. The lowest BCUT2D eigenvalue weighted by atomic mass is 9.92. The standard InChI is InChI=1S/C43H26N2S2/c1-2-12-28(13-3-1)42-33-26-32(43-41(31-15-5-9-19-37(31)47-43)40(33)30-14-4-6-16-34(30)44-42)27-22-24-29(25-23-27)45-35-17-7-10-20-38(35)46-39-21-11-8-18-36(39)45/h1-26H. The molecule has 0 spiro atoms. The van der Waals surface area contributed by atoms with Crippen LogP contribution in [0.4, 0.5) is 17.1 Å². The fourth-order valence-electron chi connectivity index (χ4n) is 7.13. The number of rotatable bonds is 3. The van der Waals surface area contributed by atoms with E-state index in [-0.39, 0.29) is 0 Å². The monoisotopic (exact) mass is 634 g/mol. The molecule has 4 heteroatoms. The smallest absolute Gasteiger partial charge is 0.0788 e. The number of para-hydroxylation sites is 3. The van der Waals surface area contributed by atoms with E-state index in [0.717, 1.165) is 22.5 Å². The molecular formula is C43H26N2S2. The predicted molar refractivity (Wildman–Crippen MR) is 202 cm³/mol. The number of pyridine rings is 1. The van der Waals surface area contributed by atoms with Crippen LogP contribution in [0.2, 0.25) is 0 Å². The molecule has 0 saturated carbocycles. The van der Waals surface area contributed by atoms with Crippen molar-refractivity contribution in [1.29, 1.82) is 0 Å². The highest BCUT2D eigenvalue weighted by molar-refractivity contribution is 7.99. The van der Waals surface area contributed by atoms with Gasteiger partial charge in [0.05, 0.1) is 22.6 Å². The SMILES string of the molecule is c1ccc(-c2nc3ccccc3c3c2cc(-c2ccc(N4c5ccccc5Sc5ccccc54)cc2)c2sc4ccccc4c23)cc1. The fraction of sp³-hybridized carbons (Fsp3) is 0. The Morgan fingerprint density at radius 3 is 1.89 bits per heavy atom. The highest BCUT2D eigenvalue weighted by atomic mass is 32.2. The molecule has 1 aliphatic rings. The molecular weight excluding hydrogens is 609 g/mol. The Bertz CT molecular complexity index is 2610. The van der Waals surface area contributed by atoms with Crippen LogP contribution in [0.3, 0.4) is 0 Å². The van der Waals surface area contributed by atoms with Gasteiger partial charge in [0, 0.05) is 62.9 Å². The summed E-state index contributed by atoms with van der Waals surface area (Å²) in [7, 11) is 0. The van der Waals surface area contributed by atoms with Gasteiger partial charge >= 0.3 is 0 Å². The zero-order chi connectivity index (χ0) is 30.9. The maximum Gasteiger partial charge on any atom is 0.0788 e. The third kappa shape index (κ3) is 4.15. The summed E-state index contributed by atoms with van der Waals surface area (Å²) in [5.41, 5.74) is 9.20. The number of fused-ring (bicyclic) bond motifs is 9. The lowest BCUT2D eigenvalue weighted by Crippen LogP contribution is -2.14. The summed E-state index contributed by atoms with van der Waals surface area (Å²) in [5.74, 6) is 0. The Kier molecular flexibility index (Phi) is 6.01. The Hall–Kier alpha value is -5.42. The van der Waals surface area contributed by atoms with Crippen molar-refractivity contribution in [3.05, 3.63) is 158 Å². The Morgan fingerprint density at radius 2 is 1.13 bits per heavy atom. The molecule has 1 aliphatic heterocycles. The number of hydrogen-bond donors (Lipinski definition) is 0. The molecule has 0 unspecified atom stereocenters. The molecule has 0 atom stereocenters. The molecule has 47 heavy (non-hydrogen) atoms. The lowest BCUT2D eigenvalue weighted by molar-refractivity contribution is 1.17. The van der Waals surface area contributed by atoms with Gasteiger partial charge in [0.15, 0.2) is 0 Å². The minimum Gasteiger partial charge on any atom is -0.308 e. The molecule has 3 heterocycles. The van der Waals surface area contributed by atoms with Crippen LogP contribution in [0, 0.1) is 0 Å². The highest BCUT2D eigenvalue weighted by Crippen LogP contribution is 2.52. The second-order valence-electron chi connectivity index (χ2n) is 11.9. The molecule has 0 bridgehead atoms. The first-order valence-electron chi connectivity index (χ1n) is 15.8. The van der Waals surface area contributed by atoms with Crippen LogP contribution < -0.4 is 4.90 Å². The molecule has 220 valence electrons. The largest absolute Gasteiger partial charge is 0.308 e. The van der Waals surface area contributed by atoms with E-state index in [1.54, 1.807) is 0 Å². The molecule has 0 fully saturated rings. The fourth-order valence-corrected chi connectivity index (χ4v) is 9.44. The summed E-state index contributed by atoms with van der Waals surface area (Å²) in [6, 6.07) is 57.0. The van der Waals surface area contributed by atoms with Gasteiger partial charge in [0.1, 0.15) is 0 Å². The molecule has 2 aromatic heterocycles. The van der Waals surface area contributed by atoms with Crippen molar-refractivity contribution in [2.24, 2.45) is 0 Å². The topological polar surface area (TPSA) is 16.1 Å². The number of nitrogens with zero attached hydrogens (tertiary/aromatic N) is 2. The lowest BCUT2D eigenvalue weighted by Gasteiger charge is -2.32. The maximum absolute atomic E-state index is 5.29. The number of hydrogen-bond acceptors (Lipinski definition) is 4. The average molecular weight is 635 g/mol. The summed E-state index contributed by atoms with van der Waals surface area (Å²) < 4.78 is 2.61. The Labute approximate surface area is 280 Å². The van der Waals surface area contributed by atoms with Crippen molar-refractivity contribution >= 4 is 82.0 Å². The number of thiophene rings is 1. The third-order valence-corrected chi connectivity index (χ3v) is 11.6. The second-order valence-corrected chi connectivity index (χ2v) is 14.0. The first kappa shape index (κ1) is 26.8. The normalized spacial score (nSPS) is 12.6. The van der Waals surface area contributed by atoms with Crippen LogP contribution in [0.1, 0.15) is 0 Å². The number of aromatic nitrogens is 1. The second kappa shape index (κ2) is 10.6. The molecule has 2 nitrogen and oxygen atoms in total. The van der Waals surface area contributed by atoms with E-state index < -0.39 is 0 Å². The van der Waals surface area contributed by atoms with E-state index >= 15 is 0 Å². The van der Waals surface area contributed by atoms with E-state index in [2.05, 4.69) is 163 Å². The zero-order valence-electron chi connectivity index (χ0n) is 25.2. The van der Waals surface area contributed by atoms with Crippen molar-refractivity contribution in [2.75, 3.05) is 4.90 Å². The van der Waals surface area contributed by atoms with Crippen molar-refractivity contribution in [3.8, 4) is 22.4 Å². The van der Waals surface area contributed by atoms with Crippen molar-refractivity contribution in [2.45, 2.75) is 9.79 Å². The van der Waals surface area contributed by atoms with E-state index in [1.165, 1.54) is 68.6 Å². The molecule has 0 saturated heterocycles. The van der Waals surface area contributed by atoms with Crippen LogP contribution in [-0.4, -0.2) is 4.98 Å². The van der Waals surface area contributed by atoms with E-state index in [4.69, 9.17) is 4.98 Å². The van der Waals surface area contributed by atoms with Gasteiger partial charge in [-0.15, -0.1) is 11.3 Å². The summed E-state index contributed by atoms with van der Waals surface area (Å²) in [6.07, 6.45) is 0. The van der Waals surface area contributed by atoms with Gasteiger partial charge in [-0.3, -0.25) is 0 Å². The zero-order valence-corrected chi connectivity index (χ0v) is 26.9. The van der Waals surface area contributed by atoms with Crippen LogP contribution in [0.25, 0.3) is 64.2 Å². The van der Waals surface area contributed by atoms with Gasteiger partial charge < -0.3 is 4.90 Å². The van der Waals surface area contributed by atoms with Crippen molar-refractivity contribution < 1.29 is 0 Å². The average Bonchev–Trinajstić information content (AvgIpc) is 3.53. The first-order valence-corrected chi connectivity index (χ1v) is 17.4. The van der Waals surface area contributed by atoms with Crippen LogP contribution >= 0.6 is 23.1 Å². The Morgan fingerprint density at radius 1 is 0.489 bits per heavy atom. The quantitative estimate of drug-likeness (QED) is 0.180. The van der Waals surface area contributed by atoms with Gasteiger partial charge in [-0.1, -0.05) is 115 Å². The summed E-state index contributed by atoms with van der Waals surface area (Å²) in [6.45, 7) is 0. The van der Waals surface area contributed by atoms with Gasteiger partial charge in [0.2, 0.25) is 0 Å².